The van der Waals surface area contributed by atoms with Crippen molar-refractivity contribution in [1.82, 2.24) is 15.4 Å². The number of aromatic nitrogens is 3. The van der Waals surface area contributed by atoms with Crippen LogP contribution in [0.2, 0.25) is 0 Å². The Morgan fingerprint density at radius 3 is 2.30 bits per heavy atom. The minimum Gasteiger partial charge on any atom is -0.472 e. The van der Waals surface area contributed by atoms with Crippen LogP contribution in [0.25, 0.3) is 0 Å². The van der Waals surface area contributed by atoms with E-state index < -0.39 is 18.6 Å². The predicted octanol–water partition coefficient (Wildman–Crippen LogP) is 5.43. The van der Waals surface area contributed by atoms with Gasteiger partial charge < -0.3 is 18.9 Å². The minimum absolute atomic E-state index is 0.00732. The van der Waals surface area contributed by atoms with E-state index in [-0.39, 0.29) is 41.2 Å². The summed E-state index contributed by atoms with van der Waals surface area (Å²) in [7, 11) is 0. The molecule has 0 spiro atoms. The SMILES string of the molecule is CC(OC(=O)c1[nH]nnc1OC1CCC(c2ccc(OC(F)(F)F)cc2)CC1)OC(=O)C1CCCCC1. The van der Waals surface area contributed by atoms with Crippen LogP contribution in [0.3, 0.4) is 0 Å². The molecule has 4 rings (SSSR count). The first-order valence-electron chi connectivity index (χ1n) is 12.5. The summed E-state index contributed by atoms with van der Waals surface area (Å²) in [6, 6.07) is 5.90. The Kier molecular flexibility index (Phi) is 8.55. The number of hydrogen-bond donors (Lipinski definition) is 1. The molecule has 1 aromatic carbocycles. The molecule has 9 nitrogen and oxygen atoms in total. The van der Waals surface area contributed by atoms with E-state index in [9.17, 15) is 22.8 Å². The van der Waals surface area contributed by atoms with Crippen molar-refractivity contribution in [2.24, 2.45) is 5.92 Å². The van der Waals surface area contributed by atoms with Crippen LogP contribution in [0.4, 0.5) is 13.2 Å². The number of esters is 2. The average Bonchev–Trinajstić information content (AvgIpc) is 3.33. The van der Waals surface area contributed by atoms with E-state index in [1.807, 2.05) is 0 Å². The van der Waals surface area contributed by atoms with Gasteiger partial charge in [-0.1, -0.05) is 41.7 Å². The molecule has 0 radical (unpaired) electrons. The highest BCUT2D eigenvalue weighted by molar-refractivity contribution is 5.89. The number of rotatable bonds is 8. The third-order valence-corrected chi connectivity index (χ3v) is 6.75. The molecular formula is C25H30F3N3O6. The van der Waals surface area contributed by atoms with Crippen LogP contribution >= 0.6 is 0 Å². The number of ether oxygens (including phenoxy) is 4. The molecule has 202 valence electrons. The Hall–Kier alpha value is -3.31. The van der Waals surface area contributed by atoms with Gasteiger partial charge in [0.15, 0.2) is 0 Å². The summed E-state index contributed by atoms with van der Waals surface area (Å²) in [5.41, 5.74) is 0.860. The smallest absolute Gasteiger partial charge is 0.472 e. The van der Waals surface area contributed by atoms with Gasteiger partial charge in [0.05, 0.1) is 5.92 Å². The van der Waals surface area contributed by atoms with E-state index >= 15 is 0 Å². The van der Waals surface area contributed by atoms with Crippen molar-refractivity contribution in [3.63, 3.8) is 0 Å². The van der Waals surface area contributed by atoms with E-state index in [0.717, 1.165) is 50.5 Å². The Balaban J connectivity index is 1.25. The lowest BCUT2D eigenvalue weighted by Crippen LogP contribution is -2.28. The molecule has 37 heavy (non-hydrogen) atoms. The molecule has 12 heteroatoms. The number of halogens is 3. The molecule has 0 saturated heterocycles. The Bertz CT molecular complexity index is 1040. The molecule has 1 unspecified atom stereocenters. The van der Waals surface area contributed by atoms with Crippen molar-refractivity contribution in [2.75, 3.05) is 0 Å². The van der Waals surface area contributed by atoms with E-state index in [4.69, 9.17) is 14.2 Å². The van der Waals surface area contributed by atoms with Gasteiger partial charge in [0.25, 0.3) is 5.88 Å². The molecule has 2 fully saturated rings. The van der Waals surface area contributed by atoms with Crippen LogP contribution in [0.5, 0.6) is 11.6 Å². The van der Waals surface area contributed by atoms with Crippen LogP contribution in [-0.2, 0) is 14.3 Å². The van der Waals surface area contributed by atoms with Crippen molar-refractivity contribution in [3.05, 3.63) is 35.5 Å². The number of H-pyrrole nitrogens is 1. The minimum atomic E-state index is -4.72. The zero-order valence-electron chi connectivity index (χ0n) is 20.5. The highest BCUT2D eigenvalue weighted by Gasteiger charge is 2.32. The lowest BCUT2D eigenvalue weighted by atomic mass is 9.83. The second-order valence-electron chi connectivity index (χ2n) is 9.45. The zero-order valence-corrected chi connectivity index (χ0v) is 20.5. The van der Waals surface area contributed by atoms with Crippen molar-refractivity contribution in [1.29, 1.82) is 0 Å². The summed E-state index contributed by atoms with van der Waals surface area (Å²) in [4.78, 5) is 24.9. The van der Waals surface area contributed by atoms with E-state index in [2.05, 4.69) is 20.1 Å². The van der Waals surface area contributed by atoms with Crippen molar-refractivity contribution in [3.8, 4) is 11.6 Å². The summed E-state index contributed by atoms with van der Waals surface area (Å²) in [6.07, 6.45) is 1.43. The van der Waals surface area contributed by atoms with Gasteiger partial charge in [0, 0.05) is 6.92 Å². The Labute approximate surface area is 212 Å². The monoisotopic (exact) mass is 525 g/mol. The highest BCUT2D eigenvalue weighted by Crippen LogP contribution is 2.36. The van der Waals surface area contributed by atoms with Gasteiger partial charge in [0.1, 0.15) is 11.9 Å². The van der Waals surface area contributed by atoms with Gasteiger partial charge in [-0.25, -0.2) is 9.89 Å². The van der Waals surface area contributed by atoms with Crippen LogP contribution < -0.4 is 9.47 Å². The Morgan fingerprint density at radius 1 is 0.973 bits per heavy atom. The van der Waals surface area contributed by atoms with Crippen LogP contribution in [-0.4, -0.2) is 46.1 Å². The van der Waals surface area contributed by atoms with Gasteiger partial charge in [-0.15, -0.1) is 13.2 Å². The van der Waals surface area contributed by atoms with E-state index in [1.165, 1.54) is 19.1 Å². The lowest BCUT2D eigenvalue weighted by molar-refractivity contribution is -0.274. The quantitative estimate of drug-likeness (QED) is 0.358. The highest BCUT2D eigenvalue weighted by atomic mass is 19.4. The number of carbonyl (C=O) groups is 2. The third-order valence-electron chi connectivity index (χ3n) is 6.75. The molecule has 1 N–H and O–H groups in total. The number of aromatic amines is 1. The van der Waals surface area contributed by atoms with Crippen molar-refractivity contribution in [2.45, 2.75) is 89.4 Å². The van der Waals surface area contributed by atoms with Crippen molar-refractivity contribution >= 4 is 11.9 Å². The first-order valence-corrected chi connectivity index (χ1v) is 12.5. The van der Waals surface area contributed by atoms with Gasteiger partial charge in [-0.3, -0.25) is 4.79 Å². The van der Waals surface area contributed by atoms with Gasteiger partial charge in [0.2, 0.25) is 12.0 Å². The second kappa shape index (κ2) is 11.8. The molecule has 2 aromatic rings. The molecule has 0 bridgehead atoms. The summed E-state index contributed by atoms with van der Waals surface area (Å²) in [5.74, 6) is -1.40. The fraction of sp³-hybridized carbons (Fsp3) is 0.600. The molecule has 1 atom stereocenters. The molecule has 1 aromatic heterocycles. The number of nitrogens with one attached hydrogen (secondary N) is 1. The maximum Gasteiger partial charge on any atom is 0.573 e. The number of benzene rings is 1. The van der Waals surface area contributed by atoms with E-state index in [1.54, 1.807) is 12.1 Å². The van der Waals surface area contributed by atoms with Crippen LogP contribution in [0.15, 0.2) is 24.3 Å². The van der Waals surface area contributed by atoms with E-state index in [0.29, 0.717) is 12.8 Å². The van der Waals surface area contributed by atoms with Crippen LogP contribution in [0, 0.1) is 5.92 Å². The van der Waals surface area contributed by atoms with Gasteiger partial charge in [-0.05, 0) is 62.1 Å². The molecule has 2 saturated carbocycles. The lowest BCUT2D eigenvalue weighted by Gasteiger charge is -2.28. The molecule has 0 amide bonds. The molecule has 2 aliphatic carbocycles. The maximum absolute atomic E-state index is 12.6. The Morgan fingerprint density at radius 2 is 1.65 bits per heavy atom. The number of carbonyl (C=O) groups excluding carboxylic acids is 2. The molecule has 0 aliphatic heterocycles. The largest absolute Gasteiger partial charge is 0.573 e. The third kappa shape index (κ3) is 7.59. The average molecular weight is 526 g/mol. The fourth-order valence-corrected chi connectivity index (χ4v) is 4.88. The summed E-state index contributed by atoms with van der Waals surface area (Å²) in [6.45, 7) is 1.48. The first kappa shape index (κ1) is 26.7. The second-order valence-corrected chi connectivity index (χ2v) is 9.45. The summed E-state index contributed by atoms with van der Waals surface area (Å²) in [5, 5.41) is 9.97. The van der Waals surface area contributed by atoms with Crippen LogP contribution in [0.1, 0.15) is 86.7 Å². The van der Waals surface area contributed by atoms with Gasteiger partial charge >= 0.3 is 18.3 Å². The zero-order chi connectivity index (χ0) is 26.4. The predicted molar refractivity (Wildman–Crippen MR) is 123 cm³/mol. The summed E-state index contributed by atoms with van der Waals surface area (Å²) >= 11 is 0. The number of alkyl halides is 3. The standard InChI is InChI=1S/C25H30F3N3O6/c1-15(34-23(32)18-5-3-2-4-6-18)35-24(33)21-22(30-31-29-21)36-19-11-7-16(8-12-19)17-9-13-20(14-10-17)37-25(26,27)28/h9-10,13-16,18-19H,2-8,11-12H2,1H3,(H,29,30,31). The fourth-order valence-electron chi connectivity index (χ4n) is 4.88. The first-order chi connectivity index (χ1) is 17.7. The molecular weight excluding hydrogens is 495 g/mol. The van der Waals surface area contributed by atoms with Crippen molar-refractivity contribution < 1.29 is 41.7 Å². The van der Waals surface area contributed by atoms with Gasteiger partial charge in [-0.2, -0.15) is 0 Å². The topological polar surface area (TPSA) is 113 Å². The number of nitrogens with zero attached hydrogens (tertiary/aromatic N) is 2. The molecule has 2 aliphatic rings. The summed E-state index contributed by atoms with van der Waals surface area (Å²) < 4.78 is 57.4. The molecule has 1 heterocycles. The number of hydrogen-bond acceptors (Lipinski definition) is 8. The maximum atomic E-state index is 12.6. The normalized spacial score (nSPS) is 21.6.